The Kier molecular flexibility index (Phi) is 12.7. The summed E-state index contributed by atoms with van der Waals surface area (Å²) >= 11 is 0. The second-order valence-corrected chi connectivity index (χ2v) is 12.8. The molecule has 0 radical (unpaired) electrons. The maximum Gasteiger partial charge on any atom is 0.243 e. The number of rotatable bonds is 17. The Morgan fingerprint density at radius 1 is 0.881 bits per heavy atom. The van der Waals surface area contributed by atoms with E-state index in [1.54, 1.807) is 26.0 Å². The number of nitrogens with one attached hydrogen (secondary N) is 1. The van der Waals surface area contributed by atoms with Crippen molar-refractivity contribution < 1.29 is 23.4 Å². The summed E-state index contributed by atoms with van der Waals surface area (Å²) in [6.45, 7) is 5.14. The van der Waals surface area contributed by atoms with Crippen LogP contribution in [0.5, 0.6) is 0 Å². The summed E-state index contributed by atoms with van der Waals surface area (Å²) in [4.78, 5) is 13.0. The van der Waals surface area contributed by atoms with E-state index in [9.17, 15) is 23.4 Å². The van der Waals surface area contributed by atoms with Gasteiger partial charge in [0.1, 0.15) is 0 Å². The lowest BCUT2D eigenvalue weighted by atomic mass is 9.84. The van der Waals surface area contributed by atoms with E-state index < -0.39 is 28.0 Å². The number of amides is 1. The van der Waals surface area contributed by atoms with Gasteiger partial charge in [0, 0.05) is 24.0 Å². The Labute approximate surface area is 250 Å². The zero-order chi connectivity index (χ0) is 30.7. The van der Waals surface area contributed by atoms with Crippen LogP contribution in [-0.2, 0) is 21.4 Å². The lowest BCUT2D eigenvalue weighted by molar-refractivity contribution is -0.120. The highest BCUT2D eigenvalue weighted by atomic mass is 32.2. The number of sulfonamides is 1. The monoisotopic (exact) mass is 595 g/mol. The third-order valence-electron chi connectivity index (χ3n) is 7.72. The molecule has 1 amide bonds. The number of aliphatic hydroxyl groups excluding tert-OH is 2. The van der Waals surface area contributed by atoms with Crippen molar-refractivity contribution in [2.45, 2.75) is 88.0 Å². The summed E-state index contributed by atoms with van der Waals surface area (Å²) in [5.41, 5.74) is 8.58. The Bertz CT molecular complexity index is 1300. The van der Waals surface area contributed by atoms with E-state index in [1.807, 2.05) is 67.6 Å². The molecule has 0 aliphatic heterocycles. The van der Waals surface area contributed by atoms with Crippen LogP contribution in [0.3, 0.4) is 0 Å². The third kappa shape index (κ3) is 8.49. The average molecular weight is 596 g/mol. The number of carbonyl (C=O) groups excluding carboxylic acids is 1. The highest BCUT2D eigenvalue weighted by Crippen LogP contribution is 2.29. The fraction of sp³-hybridized carbons (Fsp3) is 0.424. The SMILES string of the molecule is CC[C@@H](CCC[C@@H](CO)N(C(C)C)S(=O)(=O)c1ccc(CO)cc1)N[C@H](C(N)=O)C(c1ccccc1)c1ccccc1. The van der Waals surface area contributed by atoms with Gasteiger partial charge >= 0.3 is 0 Å². The van der Waals surface area contributed by atoms with E-state index in [2.05, 4.69) is 5.32 Å². The molecule has 228 valence electrons. The summed E-state index contributed by atoms with van der Waals surface area (Å²) in [6, 6.07) is 24.1. The van der Waals surface area contributed by atoms with Gasteiger partial charge in [-0.1, -0.05) is 86.1 Å². The molecule has 8 nitrogen and oxygen atoms in total. The number of nitrogens with two attached hydrogens (primary N) is 1. The standard InChI is InChI=1S/C33H45N3O5S/c1-4-28(35-32(33(34)39)31(26-12-7-5-8-13-26)27-14-9-6-10-15-27)16-11-17-29(23-38)36(24(2)3)42(40,41)30-20-18-25(22-37)19-21-30/h5-10,12-15,18-21,24,28-29,31-32,35,37-38H,4,11,16-17,22-23H2,1-3H3,(H2,34,39)/t28-,29-,32-/m0/s1. The Hall–Kier alpha value is -3.08. The molecule has 0 spiro atoms. The topological polar surface area (TPSA) is 133 Å². The summed E-state index contributed by atoms with van der Waals surface area (Å²) in [6.07, 6.45) is 2.49. The number of benzene rings is 3. The first kappa shape index (κ1) is 33.4. The molecule has 0 aromatic heterocycles. The minimum Gasteiger partial charge on any atom is -0.395 e. The van der Waals surface area contributed by atoms with Crippen molar-refractivity contribution in [1.29, 1.82) is 0 Å². The second-order valence-electron chi connectivity index (χ2n) is 10.9. The van der Waals surface area contributed by atoms with Crippen LogP contribution in [0.15, 0.2) is 89.8 Å². The molecule has 42 heavy (non-hydrogen) atoms. The molecule has 0 heterocycles. The highest BCUT2D eigenvalue weighted by Gasteiger charge is 2.34. The summed E-state index contributed by atoms with van der Waals surface area (Å²) in [7, 11) is -3.88. The Balaban J connectivity index is 1.76. The number of aliphatic hydroxyl groups is 2. The van der Waals surface area contributed by atoms with Crippen LogP contribution in [0.25, 0.3) is 0 Å². The van der Waals surface area contributed by atoms with Gasteiger partial charge in [0.2, 0.25) is 15.9 Å². The van der Waals surface area contributed by atoms with Gasteiger partial charge in [-0.3, -0.25) is 4.79 Å². The molecule has 3 atom stereocenters. The molecule has 0 aliphatic rings. The second kappa shape index (κ2) is 16.0. The summed E-state index contributed by atoms with van der Waals surface area (Å²) in [5, 5.41) is 23.1. The fourth-order valence-electron chi connectivity index (χ4n) is 5.58. The maximum absolute atomic E-state index is 13.6. The van der Waals surface area contributed by atoms with Gasteiger partial charge in [-0.05, 0) is 61.9 Å². The molecule has 0 saturated carbocycles. The van der Waals surface area contributed by atoms with E-state index >= 15 is 0 Å². The van der Waals surface area contributed by atoms with Gasteiger partial charge in [0.05, 0.1) is 24.2 Å². The van der Waals surface area contributed by atoms with Crippen molar-refractivity contribution in [2.24, 2.45) is 5.73 Å². The fourth-order valence-corrected chi connectivity index (χ4v) is 7.43. The molecule has 9 heteroatoms. The highest BCUT2D eigenvalue weighted by molar-refractivity contribution is 7.89. The smallest absolute Gasteiger partial charge is 0.243 e. The summed E-state index contributed by atoms with van der Waals surface area (Å²) in [5.74, 6) is -0.716. The first-order valence-corrected chi connectivity index (χ1v) is 16.1. The van der Waals surface area contributed by atoms with Crippen LogP contribution in [0.2, 0.25) is 0 Å². The quantitative estimate of drug-likeness (QED) is 0.185. The van der Waals surface area contributed by atoms with Gasteiger partial charge in [-0.15, -0.1) is 0 Å². The molecule has 0 saturated heterocycles. The minimum absolute atomic E-state index is 0.0492. The van der Waals surface area contributed by atoms with Gasteiger partial charge in [-0.25, -0.2) is 8.42 Å². The van der Waals surface area contributed by atoms with E-state index in [1.165, 1.54) is 16.4 Å². The predicted molar refractivity (Wildman–Crippen MR) is 166 cm³/mol. The number of nitrogens with zero attached hydrogens (tertiary/aromatic N) is 1. The van der Waals surface area contributed by atoms with Gasteiger partial charge < -0.3 is 21.3 Å². The molecule has 0 bridgehead atoms. The summed E-state index contributed by atoms with van der Waals surface area (Å²) < 4.78 is 28.5. The van der Waals surface area contributed by atoms with Crippen LogP contribution in [0.4, 0.5) is 0 Å². The molecule has 5 N–H and O–H groups in total. The zero-order valence-electron chi connectivity index (χ0n) is 24.8. The van der Waals surface area contributed by atoms with E-state index in [0.717, 1.165) is 17.5 Å². The van der Waals surface area contributed by atoms with Crippen molar-refractivity contribution >= 4 is 15.9 Å². The average Bonchev–Trinajstić information content (AvgIpc) is 3.00. The third-order valence-corrected chi connectivity index (χ3v) is 9.86. The van der Waals surface area contributed by atoms with Crippen LogP contribution < -0.4 is 11.1 Å². The molecule has 3 aromatic carbocycles. The van der Waals surface area contributed by atoms with E-state index in [-0.39, 0.29) is 36.1 Å². The van der Waals surface area contributed by atoms with Crippen molar-refractivity contribution in [3.05, 3.63) is 102 Å². The number of hydrogen-bond donors (Lipinski definition) is 4. The van der Waals surface area contributed by atoms with Crippen LogP contribution >= 0.6 is 0 Å². The Morgan fingerprint density at radius 3 is 1.86 bits per heavy atom. The predicted octanol–water partition coefficient (Wildman–Crippen LogP) is 4.16. The van der Waals surface area contributed by atoms with E-state index in [0.29, 0.717) is 24.8 Å². The Morgan fingerprint density at radius 2 is 1.43 bits per heavy atom. The van der Waals surface area contributed by atoms with Gasteiger partial charge in [0.25, 0.3) is 0 Å². The van der Waals surface area contributed by atoms with Gasteiger partial charge in [-0.2, -0.15) is 4.31 Å². The molecule has 0 fully saturated rings. The lowest BCUT2D eigenvalue weighted by Gasteiger charge is -2.34. The van der Waals surface area contributed by atoms with Crippen LogP contribution in [0, 0.1) is 0 Å². The van der Waals surface area contributed by atoms with Crippen LogP contribution in [-0.4, -0.2) is 59.6 Å². The molecular weight excluding hydrogens is 550 g/mol. The largest absolute Gasteiger partial charge is 0.395 e. The maximum atomic E-state index is 13.6. The van der Waals surface area contributed by atoms with Gasteiger partial charge in [0.15, 0.2) is 0 Å². The van der Waals surface area contributed by atoms with Crippen molar-refractivity contribution in [1.82, 2.24) is 9.62 Å². The molecule has 3 rings (SSSR count). The molecule has 0 aliphatic carbocycles. The van der Waals surface area contributed by atoms with Crippen molar-refractivity contribution in [3.8, 4) is 0 Å². The normalized spacial score (nSPS) is 14.3. The lowest BCUT2D eigenvalue weighted by Crippen LogP contribution is -2.50. The molecular formula is C33H45N3O5S. The minimum atomic E-state index is -3.88. The molecule has 0 unspecified atom stereocenters. The van der Waals surface area contributed by atoms with Crippen molar-refractivity contribution in [2.75, 3.05) is 6.61 Å². The first-order chi connectivity index (χ1) is 20.1. The van der Waals surface area contributed by atoms with Crippen molar-refractivity contribution in [3.63, 3.8) is 0 Å². The zero-order valence-corrected chi connectivity index (χ0v) is 25.6. The van der Waals surface area contributed by atoms with Crippen LogP contribution in [0.1, 0.15) is 69.1 Å². The number of primary amides is 1. The number of hydrogen-bond acceptors (Lipinski definition) is 6. The molecule has 3 aromatic rings. The first-order valence-electron chi connectivity index (χ1n) is 14.6. The van der Waals surface area contributed by atoms with E-state index in [4.69, 9.17) is 5.73 Å². The number of carbonyl (C=O) groups is 1.